The van der Waals surface area contributed by atoms with Gasteiger partial charge < -0.3 is 15.5 Å². The fraction of sp³-hybridized carbons (Fsp3) is 0.333. The van der Waals surface area contributed by atoms with Gasteiger partial charge in [0.25, 0.3) is 0 Å². The second kappa shape index (κ2) is 7.40. The first-order valence-corrected chi connectivity index (χ1v) is 8.90. The zero-order valence-corrected chi connectivity index (χ0v) is 15.4. The molecule has 1 aromatic rings. The van der Waals surface area contributed by atoms with Crippen LogP contribution in [0.1, 0.15) is 27.6 Å². The second-order valence-electron chi connectivity index (χ2n) is 6.22. The number of rotatable bonds is 5. The fourth-order valence-electron chi connectivity index (χ4n) is 3.38. The highest BCUT2D eigenvalue weighted by atomic mass is 35.5. The van der Waals surface area contributed by atoms with Gasteiger partial charge in [0.15, 0.2) is 11.6 Å². The van der Waals surface area contributed by atoms with E-state index in [1.165, 1.54) is 18.2 Å². The van der Waals surface area contributed by atoms with E-state index < -0.39 is 17.6 Å². The second-order valence-corrected chi connectivity index (χ2v) is 7.03. The number of aliphatic hydroxyl groups excluding tert-OH is 2. The molecule has 0 bridgehead atoms. The Kier molecular flexibility index (Phi) is 5.39. The summed E-state index contributed by atoms with van der Waals surface area (Å²) >= 11 is 12.3. The summed E-state index contributed by atoms with van der Waals surface area (Å²) in [5.41, 5.74) is 0.632. The maximum absolute atomic E-state index is 13.1. The van der Waals surface area contributed by atoms with Crippen LogP contribution >= 0.6 is 23.2 Å². The zero-order chi connectivity index (χ0) is 19.0. The highest BCUT2D eigenvalue weighted by molar-refractivity contribution is 6.40. The van der Waals surface area contributed by atoms with Crippen molar-refractivity contribution in [2.45, 2.75) is 13.1 Å². The van der Waals surface area contributed by atoms with Gasteiger partial charge in [-0.25, -0.2) is 0 Å². The molecule has 0 aromatic heterocycles. The lowest BCUT2D eigenvalue weighted by Crippen LogP contribution is -2.48. The van der Waals surface area contributed by atoms with Crippen molar-refractivity contribution in [2.24, 2.45) is 11.8 Å². The Morgan fingerprint density at radius 3 is 2.23 bits per heavy atom. The number of allylic oxidation sites excluding steroid dienone is 4. The summed E-state index contributed by atoms with van der Waals surface area (Å²) in [6, 6.07) is 2.95. The molecule has 26 heavy (non-hydrogen) atoms. The molecule has 2 aliphatic carbocycles. The van der Waals surface area contributed by atoms with Crippen LogP contribution in [0.15, 0.2) is 35.7 Å². The number of fused-ring (bicyclic) bond motifs is 2. The van der Waals surface area contributed by atoms with Gasteiger partial charge >= 0.3 is 0 Å². The Bertz CT molecular complexity index is 835. The minimum atomic E-state index is -1.04. The number of aliphatic hydroxyl groups is 2. The Morgan fingerprint density at radius 2 is 1.65 bits per heavy atom. The van der Waals surface area contributed by atoms with Gasteiger partial charge in [-0.2, -0.15) is 0 Å². The van der Waals surface area contributed by atoms with Gasteiger partial charge in [0, 0.05) is 23.4 Å². The molecule has 6 nitrogen and oxygen atoms in total. The van der Waals surface area contributed by atoms with Crippen molar-refractivity contribution in [1.29, 1.82) is 0 Å². The van der Waals surface area contributed by atoms with Crippen LogP contribution in [-0.4, -0.2) is 41.1 Å². The van der Waals surface area contributed by atoms with Crippen molar-refractivity contribution < 1.29 is 19.8 Å². The molecular weight excluding hydrogens is 379 g/mol. The van der Waals surface area contributed by atoms with Gasteiger partial charge in [-0.1, -0.05) is 23.2 Å². The van der Waals surface area contributed by atoms with E-state index in [-0.39, 0.29) is 45.5 Å². The summed E-state index contributed by atoms with van der Waals surface area (Å²) in [6.07, 6.45) is 2.71. The lowest BCUT2D eigenvalue weighted by atomic mass is 9.70. The molecule has 0 spiro atoms. The van der Waals surface area contributed by atoms with E-state index >= 15 is 0 Å². The standard InChI is InChI=1S/C18H18Cl2N2O4/c1-8(21-6-7-23)22-11-4-5-12(24)16-15(11)17(25)13-9(19)2-3-10(20)14(13)18(16)26/h2-5,8,15-16,21-24H,6-7H2,1H3. The molecule has 2 aliphatic rings. The normalized spacial score (nSPS) is 22.9. The van der Waals surface area contributed by atoms with Gasteiger partial charge in [-0.15, -0.1) is 0 Å². The summed E-state index contributed by atoms with van der Waals surface area (Å²) in [4.78, 5) is 26.1. The van der Waals surface area contributed by atoms with Crippen molar-refractivity contribution in [3.8, 4) is 0 Å². The molecule has 3 unspecified atom stereocenters. The molecule has 1 aromatic carbocycles. The Morgan fingerprint density at radius 1 is 1.08 bits per heavy atom. The maximum Gasteiger partial charge on any atom is 0.176 e. The van der Waals surface area contributed by atoms with Crippen molar-refractivity contribution in [2.75, 3.05) is 13.2 Å². The summed E-state index contributed by atoms with van der Waals surface area (Å²) in [5.74, 6) is -2.94. The third kappa shape index (κ3) is 3.14. The largest absolute Gasteiger partial charge is 0.512 e. The van der Waals surface area contributed by atoms with E-state index in [2.05, 4.69) is 10.6 Å². The monoisotopic (exact) mass is 396 g/mol. The van der Waals surface area contributed by atoms with Crippen LogP contribution in [0.2, 0.25) is 10.0 Å². The Labute approximate surface area is 160 Å². The topological polar surface area (TPSA) is 98.7 Å². The van der Waals surface area contributed by atoms with E-state index in [9.17, 15) is 14.7 Å². The fourth-order valence-corrected chi connectivity index (χ4v) is 3.88. The Hall–Kier alpha value is -1.86. The number of Topliss-reactive ketones (excluding diaryl/α,β-unsaturated/α-hetero) is 2. The van der Waals surface area contributed by atoms with Crippen LogP contribution in [0.3, 0.4) is 0 Å². The quantitative estimate of drug-likeness (QED) is 0.570. The zero-order valence-electron chi connectivity index (χ0n) is 13.9. The molecule has 0 radical (unpaired) electrons. The molecular formula is C18H18Cl2N2O4. The van der Waals surface area contributed by atoms with E-state index in [1.807, 2.05) is 6.92 Å². The molecule has 0 amide bonds. The van der Waals surface area contributed by atoms with Crippen LogP contribution in [0.4, 0.5) is 0 Å². The highest BCUT2D eigenvalue weighted by Crippen LogP contribution is 2.43. The smallest absolute Gasteiger partial charge is 0.176 e. The molecule has 138 valence electrons. The number of hydrogen-bond donors (Lipinski definition) is 4. The minimum absolute atomic E-state index is 0.0310. The summed E-state index contributed by atoms with van der Waals surface area (Å²) in [5, 5.41) is 25.6. The van der Waals surface area contributed by atoms with E-state index in [4.69, 9.17) is 28.3 Å². The number of carbonyl (C=O) groups excluding carboxylic acids is 2. The molecule has 0 saturated heterocycles. The van der Waals surface area contributed by atoms with Gasteiger partial charge in [0.05, 0.1) is 34.7 Å². The molecule has 0 aliphatic heterocycles. The van der Waals surface area contributed by atoms with Crippen LogP contribution in [0, 0.1) is 11.8 Å². The van der Waals surface area contributed by atoms with Crippen molar-refractivity contribution in [3.05, 3.63) is 56.9 Å². The highest BCUT2D eigenvalue weighted by Gasteiger charge is 2.48. The van der Waals surface area contributed by atoms with Crippen LogP contribution in [0.5, 0.6) is 0 Å². The van der Waals surface area contributed by atoms with Gasteiger partial charge in [-0.3, -0.25) is 14.9 Å². The molecule has 0 fully saturated rings. The predicted molar refractivity (Wildman–Crippen MR) is 98.6 cm³/mol. The van der Waals surface area contributed by atoms with Gasteiger partial charge in [0.1, 0.15) is 5.76 Å². The van der Waals surface area contributed by atoms with E-state index in [1.54, 1.807) is 6.08 Å². The molecule has 0 heterocycles. The number of halogens is 2. The Balaban J connectivity index is 2.03. The van der Waals surface area contributed by atoms with Crippen molar-refractivity contribution in [1.82, 2.24) is 10.6 Å². The van der Waals surface area contributed by atoms with E-state index in [0.29, 0.717) is 12.2 Å². The maximum atomic E-state index is 13.1. The number of ketones is 2. The van der Waals surface area contributed by atoms with Crippen LogP contribution in [-0.2, 0) is 0 Å². The molecule has 4 N–H and O–H groups in total. The minimum Gasteiger partial charge on any atom is -0.512 e. The van der Waals surface area contributed by atoms with Crippen LogP contribution in [0.25, 0.3) is 0 Å². The molecule has 3 rings (SSSR count). The number of carbonyl (C=O) groups is 2. The number of benzene rings is 1. The number of nitrogens with one attached hydrogen (secondary N) is 2. The average Bonchev–Trinajstić information content (AvgIpc) is 2.61. The van der Waals surface area contributed by atoms with Gasteiger partial charge in [0.2, 0.25) is 0 Å². The molecule has 0 saturated carbocycles. The first-order chi connectivity index (χ1) is 12.4. The first kappa shape index (κ1) is 18.9. The lowest BCUT2D eigenvalue weighted by Gasteiger charge is -2.36. The average molecular weight is 397 g/mol. The van der Waals surface area contributed by atoms with Crippen molar-refractivity contribution in [3.63, 3.8) is 0 Å². The lowest BCUT2D eigenvalue weighted by molar-refractivity contribution is 0.0742. The van der Waals surface area contributed by atoms with Crippen LogP contribution < -0.4 is 10.6 Å². The summed E-state index contributed by atoms with van der Waals surface area (Å²) < 4.78 is 0. The van der Waals surface area contributed by atoms with E-state index in [0.717, 1.165) is 0 Å². The van der Waals surface area contributed by atoms with Gasteiger partial charge in [-0.05, 0) is 31.2 Å². The third-order valence-corrected chi connectivity index (χ3v) is 5.16. The first-order valence-electron chi connectivity index (χ1n) is 8.14. The summed E-state index contributed by atoms with van der Waals surface area (Å²) in [7, 11) is 0. The molecule has 8 heteroatoms. The number of hydrogen-bond acceptors (Lipinski definition) is 6. The van der Waals surface area contributed by atoms with Crippen molar-refractivity contribution >= 4 is 34.8 Å². The third-order valence-electron chi connectivity index (χ3n) is 4.53. The summed E-state index contributed by atoms with van der Waals surface area (Å²) in [6.45, 7) is 2.15. The molecule has 3 atom stereocenters. The SMILES string of the molecule is CC(NCCO)NC1=CC=C(O)C2C(=O)c3c(Cl)ccc(Cl)c3C(=O)C12. The predicted octanol–water partition coefficient (Wildman–Crippen LogP) is 2.46.